The lowest BCUT2D eigenvalue weighted by Gasteiger charge is -2.00. The van der Waals surface area contributed by atoms with E-state index in [9.17, 15) is 14.0 Å². The molecule has 0 spiro atoms. The summed E-state index contributed by atoms with van der Waals surface area (Å²) in [6.07, 6.45) is 2.60. The first-order valence-corrected chi connectivity index (χ1v) is 5.45. The van der Waals surface area contributed by atoms with E-state index in [-0.39, 0.29) is 23.6 Å². The highest BCUT2D eigenvalue weighted by molar-refractivity contribution is 6.08. The van der Waals surface area contributed by atoms with Crippen LogP contribution in [0.4, 0.5) is 4.39 Å². The molecular weight excluding hydrogens is 207 g/mol. The molecule has 2 nitrogen and oxygen atoms in total. The van der Waals surface area contributed by atoms with E-state index in [2.05, 4.69) is 0 Å². The van der Waals surface area contributed by atoms with Gasteiger partial charge in [0.25, 0.3) is 0 Å². The number of Topliss-reactive ketones (excluding diaryl/α,β-unsaturated/α-hetero) is 2. The van der Waals surface area contributed by atoms with Crippen LogP contribution in [-0.2, 0) is 4.79 Å². The first kappa shape index (κ1) is 11.0. The quantitative estimate of drug-likeness (QED) is 0.564. The lowest BCUT2D eigenvalue weighted by molar-refractivity contribution is -0.118. The van der Waals surface area contributed by atoms with Gasteiger partial charge in [0.2, 0.25) is 0 Å². The Morgan fingerprint density at radius 1 is 1.31 bits per heavy atom. The first-order chi connectivity index (χ1) is 7.65. The molecule has 0 bridgehead atoms. The van der Waals surface area contributed by atoms with Gasteiger partial charge in [-0.05, 0) is 30.9 Å². The number of rotatable bonds is 5. The minimum Gasteiger partial charge on any atom is -0.299 e. The second kappa shape index (κ2) is 4.56. The second-order valence-electron chi connectivity index (χ2n) is 4.30. The summed E-state index contributed by atoms with van der Waals surface area (Å²) in [5.41, 5.74) is 0.282. The molecule has 16 heavy (non-hydrogen) atoms. The number of carbonyl (C=O) groups excluding carboxylic acids is 2. The standard InChI is InChI=1S/C13H13FO2/c14-11-3-1-2-10(7-11)13(16)8-12(15)6-9-4-5-9/h1-3,7,9H,4-6,8H2. The van der Waals surface area contributed by atoms with E-state index >= 15 is 0 Å². The van der Waals surface area contributed by atoms with Gasteiger partial charge < -0.3 is 0 Å². The second-order valence-corrected chi connectivity index (χ2v) is 4.30. The third kappa shape index (κ3) is 2.99. The maximum Gasteiger partial charge on any atom is 0.170 e. The van der Waals surface area contributed by atoms with Crippen LogP contribution in [0.25, 0.3) is 0 Å². The van der Waals surface area contributed by atoms with Gasteiger partial charge in [0.05, 0.1) is 6.42 Å². The van der Waals surface area contributed by atoms with Crippen LogP contribution in [-0.4, -0.2) is 11.6 Å². The largest absolute Gasteiger partial charge is 0.299 e. The highest BCUT2D eigenvalue weighted by Crippen LogP contribution is 2.32. The Bertz CT molecular complexity index is 422. The van der Waals surface area contributed by atoms with Crippen LogP contribution in [0.2, 0.25) is 0 Å². The van der Waals surface area contributed by atoms with Gasteiger partial charge in [-0.2, -0.15) is 0 Å². The van der Waals surface area contributed by atoms with E-state index in [4.69, 9.17) is 0 Å². The molecule has 2 rings (SSSR count). The molecule has 1 aliphatic rings. The normalized spacial score (nSPS) is 14.8. The fourth-order valence-corrected chi connectivity index (χ4v) is 1.66. The predicted octanol–water partition coefficient (Wildman–Crippen LogP) is 2.77. The molecule has 1 aromatic carbocycles. The maximum absolute atomic E-state index is 12.8. The van der Waals surface area contributed by atoms with E-state index in [1.54, 1.807) is 0 Å². The Kier molecular flexibility index (Phi) is 3.13. The van der Waals surface area contributed by atoms with Crippen molar-refractivity contribution in [3.63, 3.8) is 0 Å². The summed E-state index contributed by atoms with van der Waals surface area (Å²) in [5.74, 6) is -0.268. The van der Waals surface area contributed by atoms with E-state index in [0.29, 0.717) is 12.3 Å². The Labute approximate surface area is 93.5 Å². The Morgan fingerprint density at radius 3 is 2.69 bits per heavy atom. The summed E-state index contributed by atoms with van der Waals surface area (Å²) in [7, 11) is 0. The van der Waals surface area contributed by atoms with Crippen molar-refractivity contribution < 1.29 is 14.0 Å². The van der Waals surface area contributed by atoms with Gasteiger partial charge in [-0.25, -0.2) is 4.39 Å². The number of benzene rings is 1. The number of ketones is 2. The van der Waals surface area contributed by atoms with Crippen LogP contribution in [0.5, 0.6) is 0 Å². The van der Waals surface area contributed by atoms with Gasteiger partial charge in [0.15, 0.2) is 5.78 Å². The molecule has 0 radical (unpaired) electrons. The van der Waals surface area contributed by atoms with Gasteiger partial charge in [0.1, 0.15) is 11.6 Å². The van der Waals surface area contributed by atoms with Crippen molar-refractivity contribution in [3.8, 4) is 0 Å². The van der Waals surface area contributed by atoms with Crippen LogP contribution < -0.4 is 0 Å². The lowest BCUT2D eigenvalue weighted by atomic mass is 10.0. The Morgan fingerprint density at radius 2 is 2.06 bits per heavy atom. The molecule has 1 saturated carbocycles. The third-order valence-electron chi connectivity index (χ3n) is 2.72. The van der Waals surface area contributed by atoms with E-state index in [1.807, 2.05) is 0 Å². The minimum absolute atomic E-state index is 0.0308. The maximum atomic E-state index is 12.8. The first-order valence-electron chi connectivity index (χ1n) is 5.45. The molecule has 0 amide bonds. The topological polar surface area (TPSA) is 34.1 Å². The molecule has 1 fully saturated rings. The van der Waals surface area contributed by atoms with Crippen molar-refractivity contribution in [1.82, 2.24) is 0 Å². The lowest BCUT2D eigenvalue weighted by Crippen LogP contribution is -2.08. The van der Waals surface area contributed by atoms with Crippen LogP contribution >= 0.6 is 0 Å². The fourth-order valence-electron chi connectivity index (χ4n) is 1.66. The summed E-state index contributed by atoms with van der Waals surface area (Å²) >= 11 is 0. The summed E-state index contributed by atoms with van der Waals surface area (Å²) in [6.45, 7) is 0. The molecule has 1 aromatic rings. The molecule has 0 heterocycles. The number of hydrogen-bond donors (Lipinski definition) is 0. The molecule has 84 valence electrons. The fraction of sp³-hybridized carbons (Fsp3) is 0.385. The Hall–Kier alpha value is -1.51. The van der Waals surface area contributed by atoms with Crippen LogP contribution in [0.1, 0.15) is 36.0 Å². The molecule has 0 saturated heterocycles. The molecule has 3 heteroatoms. The molecule has 0 atom stereocenters. The van der Waals surface area contributed by atoms with Crippen molar-refractivity contribution >= 4 is 11.6 Å². The molecule has 0 N–H and O–H groups in total. The smallest absolute Gasteiger partial charge is 0.170 e. The monoisotopic (exact) mass is 220 g/mol. The highest BCUT2D eigenvalue weighted by Gasteiger charge is 2.25. The van der Waals surface area contributed by atoms with Crippen molar-refractivity contribution in [2.24, 2.45) is 5.92 Å². The van der Waals surface area contributed by atoms with Crippen molar-refractivity contribution in [2.75, 3.05) is 0 Å². The van der Waals surface area contributed by atoms with Crippen LogP contribution in [0.15, 0.2) is 24.3 Å². The zero-order valence-electron chi connectivity index (χ0n) is 8.91. The van der Waals surface area contributed by atoms with Gasteiger partial charge in [-0.1, -0.05) is 12.1 Å². The summed E-state index contributed by atoms with van der Waals surface area (Å²) in [6, 6.07) is 5.47. The average Bonchev–Trinajstić information content (AvgIpc) is 3.01. The van der Waals surface area contributed by atoms with Gasteiger partial charge in [0, 0.05) is 12.0 Å². The van der Waals surface area contributed by atoms with Crippen molar-refractivity contribution in [1.29, 1.82) is 0 Å². The van der Waals surface area contributed by atoms with Gasteiger partial charge in [-0.3, -0.25) is 9.59 Å². The SMILES string of the molecule is O=C(CC(=O)c1cccc(F)c1)CC1CC1. The minimum atomic E-state index is -0.444. The zero-order valence-corrected chi connectivity index (χ0v) is 8.91. The van der Waals surface area contributed by atoms with Crippen LogP contribution in [0.3, 0.4) is 0 Å². The predicted molar refractivity (Wildman–Crippen MR) is 57.7 cm³/mol. The number of carbonyl (C=O) groups is 2. The molecule has 0 aromatic heterocycles. The summed E-state index contributed by atoms with van der Waals surface area (Å²) in [5, 5.41) is 0. The summed E-state index contributed by atoms with van der Waals surface area (Å²) in [4.78, 5) is 23.1. The van der Waals surface area contributed by atoms with E-state index in [0.717, 1.165) is 12.8 Å². The average molecular weight is 220 g/mol. The Balaban J connectivity index is 1.93. The third-order valence-corrected chi connectivity index (χ3v) is 2.72. The molecular formula is C13H13FO2. The molecule has 1 aliphatic carbocycles. The highest BCUT2D eigenvalue weighted by atomic mass is 19.1. The van der Waals surface area contributed by atoms with Gasteiger partial charge in [-0.15, -0.1) is 0 Å². The van der Waals surface area contributed by atoms with Gasteiger partial charge >= 0.3 is 0 Å². The zero-order chi connectivity index (χ0) is 11.5. The number of hydrogen-bond acceptors (Lipinski definition) is 2. The molecule has 0 aliphatic heterocycles. The van der Waals surface area contributed by atoms with Crippen molar-refractivity contribution in [3.05, 3.63) is 35.6 Å². The molecule has 0 unspecified atom stereocenters. The van der Waals surface area contributed by atoms with E-state index in [1.165, 1.54) is 24.3 Å². The summed E-state index contributed by atoms with van der Waals surface area (Å²) < 4.78 is 12.8. The van der Waals surface area contributed by atoms with Crippen LogP contribution in [0, 0.1) is 11.7 Å². The number of halogens is 1. The van der Waals surface area contributed by atoms with Crippen molar-refractivity contribution in [2.45, 2.75) is 25.7 Å². The van der Waals surface area contributed by atoms with E-state index < -0.39 is 5.82 Å².